The Labute approximate surface area is 178 Å². The van der Waals surface area contributed by atoms with Crippen molar-refractivity contribution in [1.82, 2.24) is 4.98 Å². The van der Waals surface area contributed by atoms with E-state index in [4.69, 9.17) is 4.74 Å². The van der Waals surface area contributed by atoms with Crippen LogP contribution in [0.15, 0.2) is 42.6 Å². The Morgan fingerprint density at radius 2 is 2.00 bits per heavy atom. The van der Waals surface area contributed by atoms with Crippen molar-refractivity contribution in [2.24, 2.45) is 17.8 Å². The fourth-order valence-corrected chi connectivity index (χ4v) is 4.32. The van der Waals surface area contributed by atoms with E-state index in [1.165, 1.54) is 12.3 Å². The molecular weight excluding hydrogens is 409 g/mol. The number of anilines is 1. The van der Waals surface area contributed by atoms with E-state index in [-0.39, 0.29) is 17.7 Å². The highest BCUT2D eigenvalue weighted by molar-refractivity contribution is 5.71. The molecule has 0 spiro atoms. The van der Waals surface area contributed by atoms with E-state index in [0.717, 1.165) is 24.5 Å². The van der Waals surface area contributed by atoms with Gasteiger partial charge in [-0.3, -0.25) is 4.79 Å². The second kappa shape index (κ2) is 8.40. The predicted octanol–water partition coefficient (Wildman–Crippen LogP) is 4.83. The summed E-state index contributed by atoms with van der Waals surface area (Å²) in [4.78, 5) is 17.1. The number of nitrogens with zero attached hydrogens (tertiary/aromatic N) is 2. The fraction of sp³-hybridized carbons (Fsp3) is 0.478. The Hall–Kier alpha value is -2.77. The minimum Gasteiger partial charge on any atom is -0.493 e. The van der Waals surface area contributed by atoms with Gasteiger partial charge in [0.25, 0.3) is 0 Å². The first-order valence-corrected chi connectivity index (χ1v) is 10.5. The third-order valence-corrected chi connectivity index (χ3v) is 6.14. The minimum atomic E-state index is -4.43. The molecule has 5 nitrogen and oxygen atoms in total. The van der Waals surface area contributed by atoms with Crippen LogP contribution in [0.1, 0.15) is 36.8 Å². The van der Waals surface area contributed by atoms with E-state index in [9.17, 15) is 23.1 Å². The lowest BCUT2D eigenvalue weighted by Crippen LogP contribution is -2.50. The molecule has 1 aliphatic heterocycles. The van der Waals surface area contributed by atoms with Crippen molar-refractivity contribution in [2.45, 2.75) is 31.9 Å². The van der Waals surface area contributed by atoms with Gasteiger partial charge in [0.05, 0.1) is 18.1 Å². The molecular formula is C23H25F3N2O3. The van der Waals surface area contributed by atoms with Gasteiger partial charge in [-0.1, -0.05) is 19.1 Å². The molecule has 2 fully saturated rings. The van der Waals surface area contributed by atoms with Crippen LogP contribution in [0.2, 0.25) is 0 Å². The number of pyridine rings is 1. The Morgan fingerprint density at radius 3 is 2.65 bits per heavy atom. The topological polar surface area (TPSA) is 62.7 Å². The fourth-order valence-electron chi connectivity index (χ4n) is 4.32. The van der Waals surface area contributed by atoms with Crippen LogP contribution in [0.4, 0.5) is 19.0 Å². The summed E-state index contributed by atoms with van der Waals surface area (Å²) in [5, 5.41) is 9.45. The summed E-state index contributed by atoms with van der Waals surface area (Å²) in [5.41, 5.74) is 0.245. The zero-order chi connectivity index (χ0) is 22.2. The Bertz CT molecular complexity index is 940. The first-order valence-electron chi connectivity index (χ1n) is 10.5. The molecule has 2 unspecified atom stereocenters. The zero-order valence-electron chi connectivity index (χ0n) is 17.2. The molecule has 31 heavy (non-hydrogen) atoms. The van der Waals surface area contributed by atoms with Crippen LogP contribution in [-0.2, 0) is 11.0 Å². The molecule has 8 heteroatoms. The largest absolute Gasteiger partial charge is 0.493 e. The highest BCUT2D eigenvalue weighted by Crippen LogP contribution is 2.47. The number of ether oxygens (including phenoxy) is 1. The van der Waals surface area contributed by atoms with Gasteiger partial charge in [0, 0.05) is 25.2 Å². The normalized spacial score (nSPS) is 18.9. The average molecular weight is 434 g/mol. The number of aromatic nitrogens is 1. The molecule has 0 bridgehead atoms. The molecule has 166 valence electrons. The van der Waals surface area contributed by atoms with Crippen LogP contribution >= 0.6 is 0 Å². The van der Waals surface area contributed by atoms with E-state index in [1.54, 1.807) is 11.8 Å². The number of hydrogen-bond donors (Lipinski definition) is 1. The first kappa shape index (κ1) is 21.5. The molecule has 1 saturated heterocycles. The van der Waals surface area contributed by atoms with Gasteiger partial charge in [0.1, 0.15) is 11.6 Å². The number of alkyl halides is 3. The maximum absolute atomic E-state index is 13.2. The van der Waals surface area contributed by atoms with Crippen molar-refractivity contribution in [3.05, 3.63) is 53.7 Å². The molecule has 0 radical (unpaired) electrons. The second-order valence-electron chi connectivity index (χ2n) is 8.52. The maximum atomic E-state index is 13.2. The monoisotopic (exact) mass is 434 g/mol. The molecule has 2 aromatic rings. The maximum Gasteiger partial charge on any atom is 0.419 e. The van der Waals surface area contributed by atoms with Crippen molar-refractivity contribution in [1.29, 1.82) is 0 Å². The summed E-state index contributed by atoms with van der Waals surface area (Å²) in [7, 11) is 0. The molecule has 1 aromatic heterocycles. The summed E-state index contributed by atoms with van der Waals surface area (Å²) >= 11 is 0. The van der Waals surface area contributed by atoms with Crippen LogP contribution in [0.25, 0.3) is 0 Å². The van der Waals surface area contributed by atoms with Crippen molar-refractivity contribution in [3.8, 4) is 5.75 Å². The number of carboxylic acids is 1. The van der Waals surface area contributed by atoms with Crippen LogP contribution in [0.3, 0.4) is 0 Å². The molecule has 4 rings (SSSR count). The highest BCUT2D eigenvalue weighted by atomic mass is 19.4. The number of carbonyl (C=O) groups is 1. The minimum absolute atomic E-state index is 0.0369. The average Bonchev–Trinajstić information content (AvgIpc) is 3.52. The second-order valence-corrected chi connectivity index (χ2v) is 8.52. The van der Waals surface area contributed by atoms with Gasteiger partial charge in [0.15, 0.2) is 0 Å². The molecule has 2 heterocycles. The highest BCUT2D eigenvalue weighted by Gasteiger charge is 2.40. The number of benzene rings is 1. The molecule has 1 saturated carbocycles. The quantitative estimate of drug-likeness (QED) is 0.645. The van der Waals surface area contributed by atoms with Gasteiger partial charge in [0.2, 0.25) is 0 Å². The Morgan fingerprint density at radius 1 is 1.26 bits per heavy atom. The summed E-state index contributed by atoms with van der Waals surface area (Å²) in [6, 6.07) is 9.88. The molecule has 2 aliphatic rings. The lowest BCUT2D eigenvalue weighted by atomic mass is 9.83. The summed E-state index contributed by atoms with van der Waals surface area (Å²) < 4.78 is 45.4. The summed E-state index contributed by atoms with van der Waals surface area (Å²) in [6.45, 7) is 3.02. The molecule has 1 aliphatic carbocycles. The van der Waals surface area contributed by atoms with Crippen molar-refractivity contribution >= 4 is 11.8 Å². The van der Waals surface area contributed by atoms with E-state index in [2.05, 4.69) is 4.98 Å². The van der Waals surface area contributed by atoms with Gasteiger partial charge < -0.3 is 14.7 Å². The standard InChI is InChI=1S/C23H25F3N2O3/c1-14(22(29)30)20(16-7-8-16)17-4-2-5-18(10-17)31-13-15-11-28(12-15)21-19(23(24,25)26)6-3-9-27-21/h2-6,9-10,14-16,20H,7-8,11-13H2,1H3,(H,29,30). The molecule has 1 N–H and O–H groups in total. The van der Waals surface area contributed by atoms with Crippen molar-refractivity contribution in [2.75, 3.05) is 24.6 Å². The van der Waals surface area contributed by atoms with Gasteiger partial charge >= 0.3 is 12.1 Å². The zero-order valence-corrected chi connectivity index (χ0v) is 17.2. The van der Waals surface area contributed by atoms with Crippen LogP contribution in [-0.4, -0.2) is 35.8 Å². The van der Waals surface area contributed by atoms with Crippen LogP contribution in [0, 0.1) is 17.8 Å². The predicted molar refractivity (Wildman–Crippen MR) is 109 cm³/mol. The number of aliphatic carboxylic acids is 1. The number of rotatable bonds is 8. The number of hydrogen-bond acceptors (Lipinski definition) is 4. The van der Waals surface area contributed by atoms with E-state index in [1.807, 2.05) is 24.3 Å². The van der Waals surface area contributed by atoms with E-state index >= 15 is 0 Å². The number of carboxylic acid groups (broad SMARTS) is 1. The molecule has 0 amide bonds. The summed E-state index contributed by atoms with van der Waals surface area (Å²) in [6.07, 6.45) is -0.984. The van der Waals surface area contributed by atoms with E-state index in [0.29, 0.717) is 31.4 Å². The van der Waals surface area contributed by atoms with Gasteiger partial charge in [-0.15, -0.1) is 0 Å². The third kappa shape index (κ3) is 4.78. The van der Waals surface area contributed by atoms with Crippen LogP contribution < -0.4 is 9.64 Å². The lowest BCUT2D eigenvalue weighted by Gasteiger charge is -2.40. The van der Waals surface area contributed by atoms with Crippen molar-refractivity contribution < 1.29 is 27.8 Å². The Kier molecular flexibility index (Phi) is 5.81. The van der Waals surface area contributed by atoms with Gasteiger partial charge in [-0.05, 0) is 54.5 Å². The van der Waals surface area contributed by atoms with Crippen molar-refractivity contribution in [3.63, 3.8) is 0 Å². The third-order valence-electron chi connectivity index (χ3n) is 6.14. The molecule has 2 atom stereocenters. The van der Waals surface area contributed by atoms with Gasteiger partial charge in [-0.25, -0.2) is 4.98 Å². The van der Waals surface area contributed by atoms with Gasteiger partial charge in [-0.2, -0.15) is 13.2 Å². The first-order chi connectivity index (χ1) is 14.7. The smallest absolute Gasteiger partial charge is 0.419 e. The Balaban J connectivity index is 1.36. The van der Waals surface area contributed by atoms with Crippen LogP contribution in [0.5, 0.6) is 5.75 Å². The SMILES string of the molecule is CC(C(=O)O)C(c1cccc(OCC2CN(c3ncccc3C(F)(F)F)C2)c1)C1CC1. The number of halogens is 3. The lowest BCUT2D eigenvalue weighted by molar-refractivity contribution is -0.142. The summed E-state index contributed by atoms with van der Waals surface area (Å²) in [5.74, 6) is -0.192. The van der Waals surface area contributed by atoms with E-state index < -0.39 is 23.6 Å². The molecule has 1 aromatic carbocycles.